The number of ketones is 1. The molecule has 2 heterocycles. The van der Waals surface area contributed by atoms with Crippen molar-refractivity contribution in [3.8, 4) is 0 Å². The normalized spacial score (nSPS) is 10.9. The Labute approximate surface area is 80.0 Å². The van der Waals surface area contributed by atoms with E-state index in [1.54, 1.807) is 24.5 Å². The number of carbonyl (C=O) groups is 1. The average molecular weight is 194 g/mol. The molecule has 13 heavy (non-hydrogen) atoms. The van der Waals surface area contributed by atoms with Crippen LogP contribution in [0.25, 0.3) is 4.96 Å². The number of aryl methyl sites for hydroxylation is 1. The summed E-state index contributed by atoms with van der Waals surface area (Å²) in [5.74, 6) is 0.201. The monoisotopic (exact) mass is 194 g/mol. The van der Waals surface area contributed by atoms with E-state index >= 15 is 0 Å². The molecule has 2 aromatic rings. The first kappa shape index (κ1) is 8.44. The van der Waals surface area contributed by atoms with Crippen molar-refractivity contribution in [1.82, 2.24) is 9.38 Å². The molecule has 0 spiro atoms. The van der Waals surface area contributed by atoms with Gasteiger partial charge in [0.1, 0.15) is 5.78 Å². The van der Waals surface area contributed by atoms with Crippen molar-refractivity contribution in [2.75, 3.05) is 0 Å². The van der Waals surface area contributed by atoms with Crippen LogP contribution in [0.2, 0.25) is 0 Å². The SMILES string of the molecule is CC(=O)Cc1sc2nccn2c1C. The molecule has 0 amide bonds. The van der Waals surface area contributed by atoms with Crippen LogP contribution in [0.5, 0.6) is 0 Å². The molecule has 0 aliphatic rings. The van der Waals surface area contributed by atoms with Gasteiger partial charge in [-0.05, 0) is 13.8 Å². The highest BCUT2D eigenvalue weighted by atomic mass is 32.1. The molecule has 0 atom stereocenters. The lowest BCUT2D eigenvalue weighted by molar-refractivity contribution is -0.116. The van der Waals surface area contributed by atoms with E-state index in [0.717, 1.165) is 15.5 Å². The number of imidazole rings is 1. The highest BCUT2D eigenvalue weighted by Gasteiger charge is 2.09. The third-order valence-electron chi connectivity index (χ3n) is 2.00. The van der Waals surface area contributed by atoms with E-state index in [9.17, 15) is 4.79 Å². The standard InChI is InChI=1S/C9H10N2OS/c1-6(12)5-8-7(2)11-4-3-10-9(11)13-8/h3-4H,5H2,1-2H3. The highest BCUT2D eigenvalue weighted by Crippen LogP contribution is 2.21. The van der Waals surface area contributed by atoms with Crippen molar-refractivity contribution in [3.05, 3.63) is 23.0 Å². The van der Waals surface area contributed by atoms with Crippen LogP contribution in [-0.4, -0.2) is 15.2 Å². The average Bonchev–Trinajstić information content (AvgIpc) is 2.56. The number of Topliss-reactive ketones (excluding diaryl/α,β-unsaturated/α-hetero) is 1. The number of aromatic nitrogens is 2. The summed E-state index contributed by atoms with van der Waals surface area (Å²) in [5, 5.41) is 0. The van der Waals surface area contributed by atoms with E-state index in [-0.39, 0.29) is 5.78 Å². The van der Waals surface area contributed by atoms with E-state index in [1.165, 1.54) is 0 Å². The third-order valence-corrected chi connectivity index (χ3v) is 3.17. The minimum atomic E-state index is 0.201. The third kappa shape index (κ3) is 1.37. The van der Waals surface area contributed by atoms with Gasteiger partial charge in [0.15, 0.2) is 4.96 Å². The number of thiazole rings is 1. The molecule has 0 saturated heterocycles. The zero-order valence-corrected chi connectivity index (χ0v) is 8.39. The number of hydrogen-bond acceptors (Lipinski definition) is 3. The van der Waals surface area contributed by atoms with Gasteiger partial charge in [-0.2, -0.15) is 0 Å². The van der Waals surface area contributed by atoms with E-state index in [2.05, 4.69) is 4.98 Å². The van der Waals surface area contributed by atoms with Gasteiger partial charge < -0.3 is 0 Å². The number of nitrogens with zero attached hydrogens (tertiary/aromatic N) is 2. The van der Waals surface area contributed by atoms with Crippen LogP contribution in [0.4, 0.5) is 0 Å². The first-order valence-electron chi connectivity index (χ1n) is 4.09. The molecular formula is C9H10N2OS. The van der Waals surface area contributed by atoms with Crippen molar-refractivity contribution >= 4 is 22.1 Å². The summed E-state index contributed by atoms with van der Waals surface area (Å²) in [4.78, 5) is 17.2. The minimum absolute atomic E-state index is 0.201. The maximum Gasteiger partial charge on any atom is 0.194 e. The Morgan fingerprint density at radius 2 is 2.46 bits per heavy atom. The van der Waals surface area contributed by atoms with Crippen molar-refractivity contribution in [1.29, 1.82) is 0 Å². The molecule has 0 fully saturated rings. The second-order valence-corrected chi connectivity index (χ2v) is 4.13. The summed E-state index contributed by atoms with van der Waals surface area (Å²) in [6, 6.07) is 0. The molecule has 4 heteroatoms. The van der Waals surface area contributed by atoms with Gasteiger partial charge in [0, 0.05) is 29.4 Å². The zero-order valence-electron chi connectivity index (χ0n) is 7.57. The molecule has 0 radical (unpaired) electrons. The minimum Gasteiger partial charge on any atom is -0.300 e. The molecule has 0 unspecified atom stereocenters. The molecule has 0 saturated carbocycles. The van der Waals surface area contributed by atoms with Crippen LogP contribution in [-0.2, 0) is 11.2 Å². The van der Waals surface area contributed by atoms with Crippen LogP contribution in [0.1, 0.15) is 17.5 Å². The fraction of sp³-hybridized carbons (Fsp3) is 0.333. The van der Waals surface area contributed by atoms with Crippen molar-refractivity contribution in [2.24, 2.45) is 0 Å². The van der Waals surface area contributed by atoms with E-state index in [4.69, 9.17) is 0 Å². The van der Waals surface area contributed by atoms with Gasteiger partial charge in [0.2, 0.25) is 0 Å². The Hall–Kier alpha value is -1.16. The fourth-order valence-corrected chi connectivity index (χ4v) is 2.48. The Balaban J connectivity index is 2.51. The van der Waals surface area contributed by atoms with Crippen molar-refractivity contribution in [3.63, 3.8) is 0 Å². The summed E-state index contributed by atoms with van der Waals surface area (Å²) >= 11 is 1.59. The Morgan fingerprint density at radius 1 is 1.69 bits per heavy atom. The molecule has 3 nitrogen and oxygen atoms in total. The second-order valence-electron chi connectivity index (χ2n) is 3.07. The maximum atomic E-state index is 10.9. The van der Waals surface area contributed by atoms with Gasteiger partial charge in [0.05, 0.1) is 0 Å². The first-order chi connectivity index (χ1) is 6.18. The second kappa shape index (κ2) is 2.96. The Bertz CT molecular complexity index is 455. The van der Waals surface area contributed by atoms with E-state index in [1.807, 2.05) is 17.5 Å². The largest absolute Gasteiger partial charge is 0.300 e. The first-order valence-corrected chi connectivity index (χ1v) is 4.91. The van der Waals surface area contributed by atoms with E-state index in [0.29, 0.717) is 6.42 Å². The van der Waals surface area contributed by atoms with Crippen molar-refractivity contribution < 1.29 is 4.79 Å². The lowest BCUT2D eigenvalue weighted by Gasteiger charge is -1.93. The molecule has 0 bridgehead atoms. The molecule has 0 aromatic carbocycles. The van der Waals surface area contributed by atoms with Crippen LogP contribution < -0.4 is 0 Å². The molecule has 0 N–H and O–H groups in total. The van der Waals surface area contributed by atoms with Crippen LogP contribution in [0.3, 0.4) is 0 Å². The van der Waals surface area contributed by atoms with Crippen LogP contribution in [0, 0.1) is 6.92 Å². The van der Waals surface area contributed by atoms with Crippen LogP contribution >= 0.6 is 11.3 Å². The summed E-state index contributed by atoms with van der Waals surface area (Å²) in [6.07, 6.45) is 4.22. The number of fused-ring (bicyclic) bond motifs is 1. The number of rotatable bonds is 2. The molecule has 68 valence electrons. The van der Waals surface area contributed by atoms with Gasteiger partial charge in [0.25, 0.3) is 0 Å². The van der Waals surface area contributed by atoms with Crippen molar-refractivity contribution in [2.45, 2.75) is 20.3 Å². The predicted octanol–water partition coefficient (Wildman–Crippen LogP) is 1.84. The maximum absolute atomic E-state index is 10.9. The number of hydrogen-bond donors (Lipinski definition) is 0. The van der Waals surface area contributed by atoms with Crippen LogP contribution in [0.15, 0.2) is 12.4 Å². The molecular weight excluding hydrogens is 184 g/mol. The van der Waals surface area contributed by atoms with Gasteiger partial charge in [-0.25, -0.2) is 4.98 Å². The number of carbonyl (C=O) groups excluding carboxylic acids is 1. The topological polar surface area (TPSA) is 34.4 Å². The molecule has 2 aromatic heterocycles. The van der Waals surface area contributed by atoms with Gasteiger partial charge >= 0.3 is 0 Å². The molecule has 0 aliphatic carbocycles. The molecule has 0 aliphatic heterocycles. The van der Waals surface area contributed by atoms with Gasteiger partial charge in [-0.1, -0.05) is 0 Å². The highest BCUT2D eigenvalue weighted by molar-refractivity contribution is 7.17. The summed E-state index contributed by atoms with van der Waals surface area (Å²) in [5.41, 5.74) is 1.13. The Morgan fingerprint density at radius 3 is 3.08 bits per heavy atom. The summed E-state index contributed by atoms with van der Waals surface area (Å²) < 4.78 is 2.02. The zero-order chi connectivity index (χ0) is 9.42. The predicted molar refractivity (Wildman–Crippen MR) is 52.2 cm³/mol. The molecule has 2 rings (SSSR count). The fourth-order valence-electron chi connectivity index (χ4n) is 1.33. The quantitative estimate of drug-likeness (QED) is 0.731. The Kier molecular flexibility index (Phi) is 1.92. The summed E-state index contributed by atoms with van der Waals surface area (Å²) in [6.45, 7) is 3.63. The van der Waals surface area contributed by atoms with Gasteiger partial charge in [-0.3, -0.25) is 9.20 Å². The van der Waals surface area contributed by atoms with Gasteiger partial charge in [-0.15, -0.1) is 11.3 Å². The lowest BCUT2D eigenvalue weighted by Crippen LogP contribution is -1.96. The van der Waals surface area contributed by atoms with E-state index < -0.39 is 0 Å². The summed E-state index contributed by atoms with van der Waals surface area (Å²) in [7, 11) is 0. The lowest BCUT2D eigenvalue weighted by atomic mass is 10.2. The smallest absolute Gasteiger partial charge is 0.194 e.